The largest absolute Gasteiger partial charge is 0.507 e. The molecular formula is C22H27NO4. The van der Waals surface area contributed by atoms with Crippen LogP contribution in [0.15, 0.2) is 48.5 Å². The van der Waals surface area contributed by atoms with Crippen LogP contribution in [-0.4, -0.2) is 51.8 Å². The van der Waals surface area contributed by atoms with Crippen molar-refractivity contribution < 1.29 is 19.3 Å². The van der Waals surface area contributed by atoms with Crippen molar-refractivity contribution in [2.45, 2.75) is 6.42 Å². The number of benzene rings is 3. The number of ether oxygens (including phenoxy) is 3. The summed E-state index contributed by atoms with van der Waals surface area (Å²) in [6.07, 6.45) is 0.897. The molecule has 3 aromatic rings. The van der Waals surface area contributed by atoms with Crippen LogP contribution in [0.4, 0.5) is 5.69 Å². The number of phenolic OH excluding ortho intramolecular Hbond substituents is 1. The van der Waals surface area contributed by atoms with Crippen LogP contribution >= 0.6 is 0 Å². The molecule has 0 radical (unpaired) electrons. The zero-order valence-corrected chi connectivity index (χ0v) is 15.7. The Bertz CT molecular complexity index is 865. The number of hydrogen-bond acceptors (Lipinski definition) is 5. The predicted octanol–water partition coefficient (Wildman–Crippen LogP) is 4.18. The van der Waals surface area contributed by atoms with Gasteiger partial charge in [0.25, 0.3) is 0 Å². The van der Waals surface area contributed by atoms with Crippen LogP contribution < -0.4 is 5.32 Å². The van der Waals surface area contributed by atoms with Crippen LogP contribution in [-0.2, 0) is 14.2 Å². The van der Waals surface area contributed by atoms with Crippen molar-refractivity contribution in [3.8, 4) is 5.75 Å². The number of hydrogen-bond donors (Lipinski definition) is 2. The monoisotopic (exact) mass is 369 g/mol. The minimum atomic E-state index is 0.304. The Morgan fingerprint density at radius 2 is 1.48 bits per heavy atom. The summed E-state index contributed by atoms with van der Waals surface area (Å²) in [5.41, 5.74) is 1.02. The van der Waals surface area contributed by atoms with E-state index in [9.17, 15) is 5.11 Å². The third-order valence-corrected chi connectivity index (χ3v) is 4.44. The SMILES string of the molecule is COCCOCCOCCCNc1ccc(O)c2cc3ccccc3cc12. The lowest BCUT2D eigenvalue weighted by atomic mass is 10.0. The van der Waals surface area contributed by atoms with E-state index in [1.807, 2.05) is 24.3 Å². The fourth-order valence-electron chi connectivity index (χ4n) is 3.03. The van der Waals surface area contributed by atoms with Gasteiger partial charge in [-0.15, -0.1) is 0 Å². The summed E-state index contributed by atoms with van der Waals surface area (Å²) in [4.78, 5) is 0. The minimum Gasteiger partial charge on any atom is -0.507 e. The molecule has 3 rings (SSSR count). The molecule has 3 aromatic carbocycles. The highest BCUT2D eigenvalue weighted by Crippen LogP contribution is 2.34. The van der Waals surface area contributed by atoms with Gasteiger partial charge in [-0.25, -0.2) is 0 Å². The molecule has 0 amide bonds. The van der Waals surface area contributed by atoms with E-state index in [1.165, 1.54) is 0 Å². The van der Waals surface area contributed by atoms with Gasteiger partial charge in [-0.2, -0.15) is 0 Å². The number of nitrogens with one attached hydrogen (secondary N) is 1. The fourth-order valence-corrected chi connectivity index (χ4v) is 3.03. The molecule has 0 atom stereocenters. The second-order valence-electron chi connectivity index (χ2n) is 6.38. The molecule has 0 aliphatic carbocycles. The van der Waals surface area contributed by atoms with E-state index in [1.54, 1.807) is 13.2 Å². The Morgan fingerprint density at radius 3 is 2.22 bits per heavy atom. The van der Waals surface area contributed by atoms with Crippen molar-refractivity contribution in [3.05, 3.63) is 48.5 Å². The maximum absolute atomic E-state index is 10.2. The first-order valence-electron chi connectivity index (χ1n) is 9.32. The average molecular weight is 369 g/mol. The first kappa shape index (κ1) is 19.4. The number of phenols is 1. The van der Waals surface area contributed by atoms with E-state index in [0.717, 1.165) is 40.2 Å². The maximum Gasteiger partial charge on any atom is 0.123 e. The minimum absolute atomic E-state index is 0.304. The lowest BCUT2D eigenvalue weighted by Crippen LogP contribution is -2.11. The van der Waals surface area contributed by atoms with E-state index in [2.05, 4.69) is 23.5 Å². The second kappa shape index (κ2) is 10.1. The van der Waals surface area contributed by atoms with Crippen LogP contribution in [0.3, 0.4) is 0 Å². The van der Waals surface area contributed by atoms with Gasteiger partial charge in [0.05, 0.1) is 26.4 Å². The Hall–Kier alpha value is -2.34. The van der Waals surface area contributed by atoms with Gasteiger partial charge in [-0.1, -0.05) is 24.3 Å². The summed E-state index contributed by atoms with van der Waals surface area (Å²) in [5.74, 6) is 0.304. The van der Waals surface area contributed by atoms with Crippen molar-refractivity contribution in [1.29, 1.82) is 0 Å². The zero-order valence-electron chi connectivity index (χ0n) is 15.7. The topological polar surface area (TPSA) is 60.0 Å². The molecule has 0 saturated carbocycles. The summed E-state index contributed by atoms with van der Waals surface area (Å²) in [6, 6.07) is 16.0. The number of anilines is 1. The van der Waals surface area contributed by atoms with E-state index in [-0.39, 0.29) is 0 Å². The van der Waals surface area contributed by atoms with E-state index in [0.29, 0.717) is 38.8 Å². The summed E-state index contributed by atoms with van der Waals surface area (Å²) in [6.45, 7) is 3.88. The van der Waals surface area contributed by atoms with Gasteiger partial charge in [0.15, 0.2) is 0 Å². The fraction of sp³-hybridized carbons (Fsp3) is 0.364. The van der Waals surface area contributed by atoms with Gasteiger partial charge in [0.1, 0.15) is 5.75 Å². The summed E-state index contributed by atoms with van der Waals surface area (Å²) < 4.78 is 15.8. The lowest BCUT2D eigenvalue weighted by molar-refractivity contribution is 0.0248. The second-order valence-corrected chi connectivity index (χ2v) is 6.38. The molecule has 0 aliphatic rings. The van der Waals surface area contributed by atoms with Gasteiger partial charge in [0.2, 0.25) is 0 Å². The van der Waals surface area contributed by atoms with Crippen molar-refractivity contribution in [2.75, 3.05) is 52.0 Å². The van der Waals surface area contributed by atoms with Crippen LogP contribution in [0.1, 0.15) is 6.42 Å². The Labute approximate surface area is 159 Å². The first-order valence-corrected chi connectivity index (χ1v) is 9.32. The Morgan fingerprint density at radius 1 is 0.815 bits per heavy atom. The van der Waals surface area contributed by atoms with Crippen LogP contribution in [0.25, 0.3) is 21.5 Å². The van der Waals surface area contributed by atoms with Gasteiger partial charge >= 0.3 is 0 Å². The molecule has 0 aromatic heterocycles. The summed E-state index contributed by atoms with van der Waals surface area (Å²) >= 11 is 0. The third kappa shape index (κ3) is 5.32. The molecule has 2 N–H and O–H groups in total. The van der Waals surface area contributed by atoms with E-state index < -0.39 is 0 Å². The maximum atomic E-state index is 10.2. The lowest BCUT2D eigenvalue weighted by Gasteiger charge is -2.12. The smallest absolute Gasteiger partial charge is 0.123 e. The normalized spacial score (nSPS) is 11.3. The molecule has 0 aliphatic heterocycles. The molecule has 144 valence electrons. The van der Waals surface area contributed by atoms with Crippen LogP contribution in [0, 0.1) is 0 Å². The standard InChI is InChI=1S/C22H27NO4/c1-25-11-12-27-14-13-26-10-4-9-23-21-7-8-22(24)20-16-18-6-3-2-5-17(18)15-19(20)21/h2-3,5-8,15-16,23-24H,4,9-14H2,1H3. The first-order chi connectivity index (χ1) is 13.3. The van der Waals surface area contributed by atoms with Crippen molar-refractivity contribution >= 4 is 27.2 Å². The average Bonchev–Trinajstić information content (AvgIpc) is 2.70. The Balaban J connectivity index is 1.52. The van der Waals surface area contributed by atoms with Gasteiger partial charge in [-0.05, 0) is 41.5 Å². The molecule has 0 fully saturated rings. The molecule has 0 heterocycles. The van der Waals surface area contributed by atoms with Gasteiger partial charge in [-0.3, -0.25) is 0 Å². The highest BCUT2D eigenvalue weighted by molar-refractivity contribution is 6.06. The van der Waals surface area contributed by atoms with Crippen LogP contribution in [0.5, 0.6) is 5.75 Å². The number of methoxy groups -OCH3 is 1. The zero-order chi connectivity index (χ0) is 18.9. The number of rotatable bonds is 11. The molecule has 5 heteroatoms. The third-order valence-electron chi connectivity index (χ3n) is 4.44. The number of fused-ring (bicyclic) bond motifs is 2. The van der Waals surface area contributed by atoms with Gasteiger partial charge in [0, 0.05) is 36.7 Å². The Kier molecular flexibility index (Phi) is 7.27. The predicted molar refractivity (Wildman–Crippen MR) is 110 cm³/mol. The highest BCUT2D eigenvalue weighted by Gasteiger charge is 2.07. The van der Waals surface area contributed by atoms with Gasteiger partial charge < -0.3 is 24.6 Å². The molecule has 27 heavy (non-hydrogen) atoms. The van der Waals surface area contributed by atoms with Crippen LogP contribution in [0.2, 0.25) is 0 Å². The molecule has 0 spiro atoms. The number of aromatic hydroxyl groups is 1. The summed E-state index contributed by atoms with van der Waals surface area (Å²) in [7, 11) is 1.66. The van der Waals surface area contributed by atoms with E-state index >= 15 is 0 Å². The molecule has 0 bridgehead atoms. The highest BCUT2D eigenvalue weighted by atomic mass is 16.5. The van der Waals surface area contributed by atoms with Crippen molar-refractivity contribution in [2.24, 2.45) is 0 Å². The quantitative estimate of drug-likeness (QED) is 0.302. The van der Waals surface area contributed by atoms with Crippen molar-refractivity contribution in [1.82, 2.24) is 0 Å². The summed E-state index contributed by atoms with van der Waals surface area (Å²) in [5, 5.41) is 17.9. The molecule has 5 nitrogen and oxygen atoms in total. The molecular weight excluding hydrogens is 342 g/mol. The van der Waals surface area contributed by atoms with Crippen molar-refractivity contribution in [3.63, 3.8) is 0 Å². The van der Waals surface area contributed by atoms with E-state index in [4.69, 9.17) is 14.2 Å². The molecule has 0 saturated heterocycles. The molecule has 0 unspecified atom stereocenters.